The summed E-state index contributed by atoms with van der Waals surface area (Å²) in [6.07, 6.45) is 2.99. The first kappa shape index (κ1) is 7.41. The molecule has 1 aromatic rings. The van der Waals surface area contributed by atoms with Gasteiger partial charge in [-0.25, -0.2) is 0 Å². The molecule has 0 amide bonds. The standard InChI is InChI=1S/C11H12O/c1-2-11-7-9-5-3-4-6-10(9)8-12-11/h2-6H,7-8H2,1H3/b11-2-. The molecule has 0 N–H and O–H groups in total. The third-order valence-electron chi connectivity index (χ3n) is 2.22. The Kier molecular flexibility index (Phi) is 1.86. The highest BCUT2D eigenvalue weighted by molar-refractivity contribution is 5.31. The van der Waals surface area contributed by atoms with Gasteiger partial charge < -0.3 is 4.74 Å². The summed E-state index contributed by atoms with van der Waals surface area (Å²) in [5.74, 6) is 1.09. The maximum absolute atomic E-state index is 5.51. The molecule has 0 aliphatic carbocycles. The molecule has 0 fully saturated rings. The van der Waals surface area contributed by atoms with Crippen LogP contribution in [-0.4, -0.2) is 0 Å². The van der Waals surface area contributed by atoms with Gasteiger partial charge in [0.2, 0.25) is 0 Å². The second-order valence-electron chi connectivity index (χ2n) is 2.99. The Morgan fingerprint density at radius 2 is 2.00 bits per heavy atom. The van der Waals surface area contributed by atoms with E-state index in [4.69, 9.17) is 4.74 Å². The fourth-order valence-electron chi connectivity index (χ4n) is 1.47. The van der Waals surface area contributed by atoms with E-state index < -0.39 is 0 Å². The highest BCUT2D eigenvalue weighted by Gasteiger charge is 2.11. The molecule has 0 aromatic heterocycles. The molecule has 1 aromatic carbocycles. The number of hydrogen-bond donors (Lipinski definition) is 0. The van der Waals surface area contributed by atoms with Crippen molar-refractivity contribution in [3.8, 4) is 0 Å². The van der Waals surface area contributed by atoms with Crippen LogP contribution in [0, 0.1) is 0 Å². The number of rotatable bonds is 0. The summed E-state index contributed by atoms with van der Waals surface area (Å²) in [5.41, 5.74) is 2.72. The molecule has 1 aliphatic rings. The SMILES string of the molecule is C/C=C1/Cc2ccccc2CO1. The number of benzene rings is 1. The first-order chi connectivity index (χ1) is 5.90. The summed E-state index contributed by atoms with van der Waals surface area (Å²) >= 11 is 0. The largest absolute Gasteiger partial charge is 0.493 e. The van der Waals surface area contributed by atoms with Crippen LogP contribution in [0.2, 0.25) is 0 Å². The van der Waals surface area contributed by atoms with Crippen LogP contribution in [0.1, 0.15) is 18.1 Å². The highest BCUT2D eigenvalue weighted by Crippen LogP contribution is 2.21. The van der Waals surface area contributed by atoms with Gasteiger partial charge in [0.1, 0.15) is 6.61 Å². The zero-order valence-electron chi connectivity index (χ0n) is 7.21. The van der Waals surface area contributed by atoms with Gasteiger partial charge in [0.15, 0.2) is 0 Å². The average molecular weight is 160 g/mol. The van der Waals surface area contributed by atoms with Crippen molar-refractivity contribution in [3.05, 3.63) is 47.2 Å². The Balaban J connectivity index is 2.35. The summed E-state index contributed by atoms with van der Waals surface area (Å²) in [7, 11) is 0. The summed E-state index contributed by atoms with van der Waals surface area (Å²) in [6, 6.07) is 8.43. The number of fused-ring (bicyclic) bond motifs is 1. The van der Waals surface area contributed by atoms with Crippen molar-refractivity contribution in [2.45, 2.75) is 20.0 Å². The fourth-order valence-corrected chi connectivity index (χ4v) is 1.47. The Bertz CT molecular complexity index is 313. The molecule has 62 valence electrons. The Labute approximate surface area is 72.7 Å². The minimum absolute atomic E-state index is 0.732. The van der Waals surface area contributed by atoms with Gasteiger partial charge in [-0.1, -0.05) is 24.3 Å². The van der Waals surface area contributed by atoms with Crippen LogP contribution >= 0.6 is 0 Å². The second-order valence-corrected chi connectivity index (χ2v) is 2.99. The first-order valence-electron chi connectivity index (χ1n) is 4.25. The van der Waals surface area contributed by atoms with Crippen molar-refractivity contribution in [1.82, 2.24) is 0 Å². The second kappa shape index (κ2) is 3.02. The number of allylic oxidation sites excluding steroid dienone is 2. The first-order valence-corrected chi connectivity index (χ1v) is 4.25. The average Bonchev–Trinajstić information content (AvgIpc) is 2.17. The number of hydrogen-bond acceptors (Lipinski definition) is 1. The maximum atomic E-state index is 5.51. The molecule has 1 heteroatoms. The molecular weight excluding hydrogens is 148 g/mol. The molecule has 2 rings (SSSR count). The van der Waals surface area contributed by atoms with Gasteiger partial charge in [-0.15, -0.1) is 0 Å². The summed E-state index contributed by atoms with van der Waals surface area (Å²) in [5, 5.41) is 0. The van der Waals surface area contributed by atoms with Gasteiger partial charge in [-0.3, -0.25) is 0 Å². The van der Waals surface area contributed by atoms with Crippen LogP contribution in [0.25, 0.3) is 0 Å². The smallest absolute Gasteiger partial charge is 0.113 e. The van der Waals surface area contributed by atoms with Crippen molar-refractivity contribution < 1.29 is 4.74 Å². The Morgan fingerprint density at radius 1 is 1.25 bits per heavy atom. The molecule has 0 atom stereocenters. The third kappa shape index (κ3) is 1.22. The van der Waals surface area contributed by atoms with Crippen LogP contribution in [0.3, 0.4) is 0 Å². The number of ether oxygens (including phenoxy) is 1. The minimum atomic E-state index is 0.732. The lowest BCUT2D eigenvalue weighted by atomic mass is 10.0. The van der Waals surface area contributed by atoms with Gasteiger partial charge >= 0.3 is 0 Å². The van der Waals surface area contributed by atoms with E-state index in [1.807, 2.05) is 13.0 Å². The molecule has 1 nitrogen and oxygen atoms in total. The van der Waals surface area contributed by atoms with E-state index >= 15 is 0 Å². The maximum Gasteiger partial charge on any atom is 0.113 e. The monoisotopic (exact) mass is 160 g/mol. The van der Waals surface area contributed by atoms with Gasteiger partial charge in [-0.2, -0.15) is 0 Å². The fraction of sp³-hybridized carbons (Fsp3) is 0.273. The van der Waals surface area contributed by atoms with E-state index in [1.54, 1.807) is 0 Å². The van der Waals surface area contributed by atoms with Crippen molar-refractivity contribution in [2.75, 3.05) is 0 Å². The van der Waals surface area contributed by atoms with Crippen LogP contribution in [-0.2, 0) is 17.8 Å². The molecule has 1 aliphatic heterocycles. The topological polar surface area (TPSA) is 9.23 Å². The lowest BCUT2D eigenvalue weighted by Gasteiger charge is -2.19. The third-order valence-corrected chi connectivity index (χ3v) is 2.22. The van der Waals surface area contributed by atoms with Crippen LogP contribution in [0.5, 0.6) is 0 Å². The van der Waals surface area contributed by atoms with Gasteiger partial charge in [-0.05, 0) is 24.1 Å². The van der Waals surface area contributed by atoms with Crippen LogP contribution < -0.4 is 0 Å². The molecule has 0 radical (unpaired) electrons. The van der Waals surface area contributed by atoms with Gasteiger partial charge in [0.05, 0.1) is 5.76 Å². The molecule has 0 saturated heterocycles. The van der Waals surface area contributed by atoms with Crippen molar-refractivity contribution in [1.29, 1.82) is 0 Å². The van der Waals surface area contributed by atoms with Gasteiger partial charge in [0.25, 0.3) is 0 Å². The predicted molar refractivity (Wildman–Crippen MR) is 48.7 cm³/mol. The normalized spacial score (nSPS) is 18.6. The Hall–Kier alpha value is -1.24. The zero-order chi connectivity index (χ0) is 8.39. The van der Waals surface area contributed by atoms with E-state index in [9.17, 15) is 0 Å². The Morgan fingerprint density at radius 3 is 2.75 bits per heavy atom. The van der Waals surface area contributed by atoms with Crippen molar-refractivity contribution >= 4 is 0 Å². The molecule has 0 spiro atoms. The van der Waals surface area contributed by atoms with E-state index in [0.717, 1.165) is 18.8 Å². The molecule has 0 bridgehead atoms. The van der Waals surface area contributed by atoms with E-state index in [-0.39, 0.29) is 0 Å². The summed E-state index contributed by atoms with van der Waals surface area (Å²) in [6.45, 7) is 2.75. The van der Waals surface area contributed by atoms with E-state index in [0.29, 0.717) is 0 Å². The molecule has 0 saturated carbocycles. The summed E-state index contributed by atoms with van der Waals surface area (Å²) in [4.78, 5) is 0. The molecule has 1 heterocycles. The molecule has 0 unspecified atom stereocenters. The van der Waals surface area contributed by atoms with Gasteiger partial charge in [0, 0.05) is 6.42 Å². The zero-order valence-corrected chi connectivity index (χ0v) is 7.21. The summed E-state index contributed by atoms with van der Waals surface area (Å²) < 4.78 is 5.51. The molecule has 12 heavy (non-hydrogen) atoms. The van der Waals surface area contributed by atoms with E-state index in [1.165, 1.54) is 11.1 Å². The lowest BCUT2D eigenvalue weighted by molar-refractivity contribution is 0.180. The molecular formula is C11H12O. The highest BCUT2D eigenvalue weighted by atomic mass is 16.5. The van der Waals surface area contributed by atoms with Crippen molar-refractivity contribution in [3.63, 3.8) is 0 Å². The van der Waals surface area contributed by atoms with Crippen LogP contribution in [0.15, 0.2) is 36.1 Å². The quantitative estimate of drug-likeness (QED) is 0.567. The minimum Gasteiger partial charge on any atom is -0.493 e. The predicted octanol–water partition coefficient (Wildman–Crippen LogP) is 2.66. The van der Waals surface area contributed by atoms with Crippen molar-refractivity contribution in [2.24, 2.45) is 0 Å². The lowest BCUT2D eigenvalue weighted by Crippen LogP contribution is -2.07. The van der Waals surface area contributed by atoms with E-state index in [2.05, 4.69) is 24.3 Å². The van der Waals surface area contributed by atoms with Crippen LogP contribution in [0.4, 0.5) is 0 Å².